The molecule has 0 aliphatic carbocycles. The maximum Gasteiger partial charge on any atom is 0.0129 e. The molecule has 1 atom stereocenters. The third kappa shape index (κ3) is 2.33. The molecule has 0 saturated carbocycles. The van der Waals surface area contributed by atoms with Crippen LogP contribution in [0.5, 0.6) is 0 Å². The van der Waals surface area contributed by atoms with Gasteiger partial charge in [0.25, 0.3) is 0 Å². The van der Waals surface area contributed by atoms with Gasteiger partial charge in [0.2, 0.25) is 0 Å². The van der Waals surface area contributed by atoms with Crippen LogP contribution in [0, 0.1) is 5.92 Å². The summed E-state index contributed by atoms with van der Waals surface area (Å²) >= 11 is 0. The molecule has 0 bridgehead atoms. The Morgan fingerprint density at radius 1 is 1.33 bits per heavy atom. The Labute approximate surface area is 56.8 Å². The van der Waals surface area contributed by atoms with Gasteiger partial charge in [-0.05, 0) is 38.3 Å². The highest BCUT2D eigenvalue weighted by molar-refractivity contribution is 4.66. The summed E-state index contributed by atoms with van der Waals surface area (Å²) in [6.07, 6.45) is 3.74. The van der Waals surface area contributed by atoms with Gasteiger partial charge in [0.1, 0.15) is 0 Å². The molecule has 0 spiro atoms. The van der Waals surface area contributed by atoms with Gasteiger partial charge in [-0.25, -0.2) is 0 Å². The molecule has 2 heteroatoms. The first-order valence-electron chi connectivity index (χ1n) is 3.79. The Balaban J connectivity index is 2.18. The lowest BCUT2D eigenvalue weighted by molar-refractivity contribution is 0.478. The van der Waals surface area contributed by atoms with Crippen LogP contribution in [-0.4, -0.2) is 19.6 Å². The average molecular weight is 127 g/mol. The van der Waals surface area contributed by atoms with Crippen LogP contribution in [0.4, 0.5) is 0 Å². The van der Waals surface area contributed by atoms with Gasteiger partial charge in [0.05, 0.1) is 0 Å². The van der Waals surface area contributed by atoms with E-state index in [2.05, 4.69) is 5.32 Å². The zero-order valence-corrected chi connectivity index (χ0v) is 5.82. The van der Waals surface area contributed by atoms with Crippen molar-refractivity contribution in [2.45, 2.75) is 19.3 Å². The van der Waals surface area contributed by atoms with Crippen LogP contribution >= 0.6 is 0 Å². The monoisotopic (exact) mass is 127 g/mol. The molecule has 0 aromatic carbocycles. The molecule has 1 unspecified atom stereocenters. The zero-order chi connectivity index (χ0) is 6.53. The molecular formula is C7H15N2. The summed E-state index contributed by atoms with van der Waals surface area (Å²) in [6, 6.07) is 0. The van der Waals surface area contributed by atoms with Crippen molar-refractivity contribution in [1.29, 1.82) is 0 Å². The number of nitrogens with one attached hydrogen (secondary N) is 2. The molecule has 53 valence electrons. The van der Waals surface area contributed by atoms with E-state index in [-0.39, 0.29) is 0 Å². The van der Waals surface area contributed by atoms with Crippen molar-refractivity contribution in [3.63, 3.8) is 0 Å². The van der Waals surface area contributed by atoms with E-state index in [0.717, 1.165) is 13.1 Å². The standard InChI is InChI=1S/C7H15N2/c8-6-7-2-1-4-9-5-3-7/h7-9H,1-6H2. The van der Waals surface area contributed by atoms with Crippen LogP contribution in [0.25, 0.3) is 0 Å². The molecular weight excluding hydrogens is 112 g/mol. The fourth-order valence-corrected chi connectivity index (χ4v) is 1.30. The first-order chi connectivity index (χ1) is 4.43. The van der Waals surface area contributed by atoms with Gasteiger partial charge >= 0.3 is 0 Å². The highest BCUT2D eigenvalue weighted by atomic mass is 14.9. The molecule has 2 nitrogen and oxygen atoms in total. The van der Waals surface area contributed by atoms with E-state index in [4.69, 9.17) is 5.73 Å². The minimum Gasteiger partial charge on any atom is -0.317 e. The summed E-state index contributed by atoms with van der Waals surface area (Å²) in [7, 11) is 0. The highest BCUT2D eigenvalue weighted by Gasteiger charge is 2.08. The molecule has 1 radical (unpaired) electrons. The van der Waals surface area contributed by atoms with Crippen LogP contribution < -0.4 is 11.1 Å². The quantitative estimate of drug-likeness (QED) is 0.552. The van der Waals surface area contributed by atoms with Crippen LogP contribution in [0.15, 0.2) is 0 Å². The lowest BCUT2D eigenvalue weighted by Crippen LogP contribution is -2.14. The lowest BCUT2D eigenvalue weighted by atomic mass is 10.0. The third-order valence-corrected chi connectivity index (χ3v) is 1.98. The van der Waals surface area contributed by atoms with Crippen molar-refractivity contribution in [2.75, 3.05) is 19.6 Å². The maximum atomic E-state index is 7.17. The number of hydrogen-bond acceptors (Lipinski definition) is 1. The van der Waals surface area contributed by atoms with Gasteiger partial charge in [-0.15, -0.1) is 0 Å². The Bertz CT molecular complexity index is 65.3. The predicted molar refractivity (Wildman–Crippen MR) is 38.2 cm³/mol. The second-order valence-corrected chi connectivity index (χ2v) is 2.75. The normalized spacial score (nSPS) is 29.7. The van der Waals surface area contributed by atoms with Crippen LogP contribution in [0.1, 0.15) is 19.3 Å². The van der Waals surface area contributed by atoms with Crippen molar-refractivity contribution >= 4 is 0 Å². The van der Waals surface area contributed by atoms with E-state index in [1.807, 2.05) is 0 Å². The van der Waals surface area contributed by atoms with E-state index in [1.54, 1.807) is 0 Å². The van der Waals surface area contributed by atoms with E-state index < -0.39 is 0 Å². The van der Waals surface area contributed by atoms with Crippen molar-refractivity contribution in [3.8, 4) is 0 Å². The van der Waals surface area contributed by atoms with Gasteiger partial charge in [0, 0.05) is 6.54 Å². The molecule has 1 aliphatic rings. The van der Waals surface area contributed by atoms with E-state index in [1.165, 1.54) is 19.3 Å². The molecule has 9 heavy (non-hydrogen) atoms. The number of hydrogen-bond donors (Lipinski definition) is 1. The summed E-state index contributed by atoms with van der Waals surface area (Å²) in [5.41, 5.74) is 7.17. The predicted octanol–water partition coefficient (Wildman–Crippen LogP) is 0.659. The third-order valence-electron chi connectivity index (χ3n) is 1.98. The Kier molecular flexibility index (Phi) is 3.01. The minimum absolute atomic E-state index is 0.627. The van der Waals surface area contributed by atoms with Crippen molar-refractivity contribution in [1.82, 2.24) is 11.1 Å². The topological polar surface area (TPSA) is 35.8 Å². The lowest BCUT2D eigenvalue weighted by Gasteiger charge is -2.07. The van der Waals surface area contributed by atoms with Crippen LogP contribution in [0.3, 0.4) is 0 Å². The molecule has 1 rings (SSSR count). The molecule has 1 aliphatic heterocycles. The summed E-state index contributed by atoms with van der Waals surface area (Å²) < 4.78 is 0. The molecule has 1 fully saturated rings. The highest BCUT2D eigenvalue weighted by Crippen LogP contribution is 2.11. The first kappa shape index (κ1) is 7.03. The largest absolute Gasteiger partial charge is 0.317 e. The van der Waals surface area contributed by atoms with Crippen molar-refractivity contribution in [3.05, 3.63) is 0 Å². The van der Waals surface area contributed by atoms with Crippen molar-refractivity contribution < 1.29 is 0 Å². The average Bonchev–Trinajstić information content (AvgIpc) is 2.13. The SMILES string of the molecule is [NH]CC1CCCNCC1. The Morgan fingerprint density at radius 3 is 3.00 bits per heavy atom. The maximum absolute atomic E-state index is 7.17. The number of rotatable bonds is 1. The fourth-order valence-electron chi connectivity index (χ4n) is 1.30. The molecule has 1 saturated heterocycles. The fraction of sp³-hybridized carbons (Fsp3) is 1.00. The van der Waals surface area contributed by atoms with Gasteiger partial charge in [-0.2, -0.15) is 0 Å². The van der Waals surface area contributed by atoms with E-state index >= 15 is 0 Å². The molecule has 0 aromatic heterocycles. The van der Waals surface area contributed by atoms with Gasteiger partial charge in [-0.3, -0.25) is 5.73 Å². The second kappa shape index (κ2) is 3.85. The van der Waals surface area contributed by atoms with E-state index in [0.29, 0.717) is 12.5 Å². The van der Waals surface area contributed by atoms with E-state index in [9.17, 15) is 0 Å². The summed E-state index contributed by atoms with van der Waals surface area (Å²) in [5, 5.41) is 3.33. The zero-order valence-electron chi connectivity index (χ0n) is 5.82. The Morgan fingerprint density at radius 2 is 2.22 bits per heavy atom. The molecule has 2 N–H and O–H groups in total. The smallest absolute Gasteiger partial charge is 0.0129 e. The van der Waals surface area contributed by atoms with Crippen LogP contribution in [-0.2, 0) is 0 Å². The van der Waals surface area contributed by atoms with Gasteiger partial charge in [-0.1, -0.05) is 0 Å². The van der Waals surface area contributed by atoms with Crippen LogP contribution in [0.2, 0.25) is 0 Å². The molecule has 0 aromatic rings. The first-order valence-corrected chi connectivity index (χ1v) is 3.79. The second-order valence-electron chi connectivity index (χ2n) is 2.75. The minimum atomic E-state index is 0.627. The molecule has 0 amide bonds. The van der Waals surface area contributed by atoms with Crippen molar-refractivity contribution in [2.24, 2.45) is 5.92 Å². The summed E-state index contributed by atoms with van der Waals surface area (Å²) in [4.78, 5) is 0. The Hall–Kier alpha value is -0.0800. The van der Waals surface area contributed by atoms with Gasteiger partial charge in [0.15, 0.2) is 0 Å². The van der Waals surface area contributed by atoms with Gasteiger partial charge < -0.3 is 5.32 Å². The summed E-state index contributed by atoms with van der Waals surface area (Å²) in [5.74, 6) is 0.681. The summed E-state index contributed by atoms with van der Waals surface area (Å²) in [6.45, 7) is 2.92. The molecule has 1 heterocycles.